The highest BCUT2D eigenvalue weighted by atomic mass is 35.5. The van der Waals surface area contributed by atoms with Crippen LogP contribution in [0.5, 0.6) is 5.88 Å². The van der Waals surface area contributed by atoms with Gasteiger partial charge in [0.15, 0.2) is 0 Å². The highest BCUT2D eigenvalue weighted by Crippen LogP contribution is 2.39. The van der Waals surface area contributed by atoms with Crippen molar-refractivity contribution in [3.05, 3.63) is 92.0 Å². The SMILES string of the molecule is COc1nc(-c2cccc(-c3cccc(Nc4nccc5c4c(=O)n(C)c(=O)n5C)c3C)c2Cl)cnc1CNC1CCOCC1O. The number of aromatic nitrogens is 5. The average Bonchev–Trinajstić information content (AvgIpc) is 3.07. The van der Waals surface area contributed by atoms with Gasteiger partial charge in [-0.25, -0.2) is 14.8 Å². The van der Waals surface area contributed by atoms with E-state index in [1.165, 1.54) is 11.6 Å². The third-order valence-electron chi connectivity index (χ3n) is 8.40. The van der Waals surface area contributed by atoms with Crippen molar-refractivity contribution in [2.24, 2.45) is 14.1 Å². The number of rotatable bonds is 8. The standard InChI is InChI=1S/C33H34ClN7O5/c1-18-19(7-6-10-22(18)38-30-28-26(11-13-35-30)40(2)33(44)41(3)32(28)43)20-8-5-9-21(29(20)34)24-15-37-25(31(39-24)45-4)16-36-23-12-14-46-17-27(23)42/h5-11,13,15,23,27,36,42H,12,14,16-17H2,1-4H3,(H,35,38). The van der Waals surface area contributed by atoms with Crippen LogP contribution in [0.15, 0.2) is 64.4 Å². The van der Waals surface area contributed by atoms with Crippen molar-refractivity contribution in [1.82, 2.24) is 29.4 Å². The molecular weight excluding hydrogens is 610 g/mol. The van der Waals surface area contributed by atoms with Gasteiger partial charge in [0.25, 0.3) is 5.56 Å². The normalized spacial score (nSPS) is 16.5. The Kier molecular flexibility index (Phi) is 8.87. The van der Waals surface area contributed by atoms with Gasteiger partial charge >= 0.3 is 5.69 Å². The van der Waals surface area contributed by atoms with Crippen molar-refractivity contribution < 1.29 is 14.6 Å². The molecule has 6 rings (SSSR count). The van der Waals surface area contributed by atoms with Gasteiger partial charge in [-0.1, -0.05) is 41.9 Å². The molecule has 13 heteroatoms. The number of aryl methyl sites for hydroxylation is 1. The van der Waals surface area contributed by atoms with Crippen LogP contribution in [0.2, 0.25) is 5.02 Å². The zero-order valence-electron chi connectivity index (χ0n) is 25.9. The number of benzene rings is 2. The van der Waals surface area contributed by atoms with Crippen LogP contribution in [0.4, 0.5) is 11.5 Å². The molecule has 1 saturated heterocycles. The second kappa shape index (κ2) is 13.0. The van der Waals surface area contributed by atoms with Gasteiger partial charge < -0.3 is 25.2 Å². The summed E-state index contributed by atoms with van der Waals surface area (Å²) in [7, 11) is 4.61. The molecule has 3 N–H and O–H groups in total. The van der Waals surface area contributed by atoms with Gasteiger partial charge in [-0.3, -0.25) is 18.9 Å². The first-order valence-corrected chi connectivity index (χ1v) is 15.2. The first kappa shape index (κ1) is 31.4. The Morgan fingerprint density at radius 3 is 2.61 bits per heavy atom. The Balaban J connectivity index is 1.32. The third-order valence-corrected chi connectivity index (χ3v) is 8.80. The minimum atomic E-state index is -0.587. The first-order chi connectivity index (χ1) is 22.2. The molecule has 3 aromatic heterocycles. The Morgan fingerprint density at radius 2 is 1.83 bits per heavy atom. The van der Waals surface area contributed by atoms with E-state index in [-0.39, 0.29) is 6.04 Å². The molecule has 2 aromatic carbocycles. The van der Waals surface area contributed by atoms with Gasteiger partial charge in [0.1, 0.15) is 16.9 Å². The smallest absolute Gasteiger partial charge is 0.330 e. The molecule has 0 spiro atoms. The number of aliphatic hydroxyl groups is 1. The number of nitrogens with one attached hydrogen (secondary N) is 2. The van der Waals surface area contributed by atoms with E-state index in [0.29, 0.717) is 70.8 Å². The van der Waals surface area contributed by atoms with Crippen LogP contribution in [0.25, 0.3) is 33.3 Å². The number of ether oxygens (including phenoxy) is 2. The topological polar surface area (TPSA) is 145 Å². The molecule has 0 saturated carbocycles. The predicted molar refractivity (Wildman–Crippen MR) is 177 cm³/mol. The largest absolute Gasteiger partial charge is 0.480 e. The molecule has 0 amide bonds. The van der Waals surface area contributed by atoms with Crippen molar-refractivity contribution in [3.63, 3.8) is 0 Å². The molecule has 0 bridgehead atoms. The fraction of sp³-hybridized carbons (Fsp3) is 0.303. The molecule has 1 aliphatic heterocycles. The second-order valence-electron chi connectivity index (χ2n) is 11.2. The number of fused-ring (bicyclic) bond motifs is 1. The molecule has 5 aromatic rings. The van der Waals surface area contributed by atoms with E-state index in [1.807, 2.05) is 43.3 Å². The van der Waals surface area contributed by atoms with Crippen molar-refractivity contribution in [2.45, 2.75) is 32.0 Å². The summed E-state index contributed by atoms with van der Waals surface area (Å²) in [5.41, 5.74) is 4.74. The summed E-state index contributed by atoms with van der Waals surface area (Å²) in [6, 6.07) is 13.0. The Morgan fingerprint density at radius 1 is 1.07 bits per heavy atom. The number of methoxy groups -OCH3 is 1. The lowest BCUT2D eigenvalue weighted by molar-refractivity contribution is -0.0281. The molecule has 0 radical (unpaired) electrons. The fourth-order valence-electron chi connectivity index (χ4n) is 5.75. The van der Waals surface area contributed by atoms with E-state index < -0.39 is 17.4 Å². The zero-order chi connectivity index (χ0) is 32.5. The number of aliphatic hydroxyl groups excluding tert-OH is 1. The van der Waals surface area contributed by atoms with Crippen LogP contribution >= 0.6 is 11.6 Å². The second-order valence-corrected chi connectivity index (χ2v) is 11.5. The molecule has 0 aliphatic carbocycles. The molecule has 2 atom stereocenters. The maximum Gasteiger partial charge on any atom is 0.330 e. The lowest BCUT2D eigenvalue weighted by atomic mass is 9.96. The summed E-state index contributed by atoms with van der Waals surface area (Å²) >= 11 is 7.06. The number of anilines is 2. The number of halogens is 1. The van der Waals surface area contributed by atoms with Crippen molar-refractivity contribution in [2.75, 3.05) is 25.6 Å². The van der Waals surface area contributed by atoms with E-state index in [1.54, 1.807) is 32.6 Å². The summed E-state index contributed by atoms with van der Waals surface area (Å²) in [5, 5.41) is 17.7. The van der Waals surface area contributed by atoms with Crippen LogP contribution < -0.4 is 26.6 Å². The number of nitrogens with zero attached hydrogens (tertiary/aromatic N) is 5. The van der Waals surface area contributed by atoms with E-state index in [0.717, 1.165) is 26.9 Å². The zero-order valence-corrected chi connectivity index (χ0v) is 26.6. The quantitative estimate of drug-likeness (QED) is 0.229. The van der Waals surface area contributed by atoms with Crippen molar-refractivity contribution in [3.8, 4) is 28.3 Å². The molecule has 238 valence electrons. The summed E-state index contributed by atoms with van der Waals surface area (Å²) < 4.78 is 13.4. The summed E-state index contributed by atoms with van der Waals surface area (Å²) in [5.74, 6) is 0.707. The van der Waals surface area contributed by atoms with Crippen LogP contribution in [-0.2, 0) is 25.4 Å². The fourth-order valence-corrected chi connectivity index (χ4v) is 6.07. The Bertz CT molecular complexity index is 2060. The van der Waals surface area contributed by atoms with Crippen LogP contribution in [0.1, 0.15) is 17.7 Å². The van der Waals surface area contributed by atoms with Gasteiger partial charge in [0.05, 0.1) is 42.3 Å². The number of hydrogen-bond donors (Lipinski definition) is 3. The summed E-state index contributed by atoms with van der Waals surface area (Å²) in [6.07, 6.45) is 3.34. The van der Waals surface area contributed by atoms with Gasteiger partial charge in [0.2, 0.25) is 5.88 Å². The van der Waals surface area contributed by atoms with Crippen molar-refractivity contribution >= 4 is 34.0 Å². The van der Waals surface area contributed by atoms with E-state index in [2.05, 4.69) is 20.6 Å². The van der Waals surface area contributed by atoms with Gasteiger partial charge in [0, 0.05) is 56.3 Å². The lowest BCUT2D eigenvalue weighted by Crippen LogP contribution is -2.46. The summed E-state index contributed by atoms with van der Waals surface area (Å²) in [4.78, 5) is 39.4. The first-order valence-electron chi connectivity index (χ1n) is 14.8. The predicted octanol–water partition coefficient (Wildman–Crippen LogP) is 3.71. The molecule has 4 heterocycles. The van der Waals surface area contributed by atoms with Crippen molar-refractivity contribution in [1.29, 1.82) is 0 Å². The Labute approximate surface area is 269 Å². The summed E-state index contributed by atoms with van der Waals surface area (Å²) in [6.45, 7) is 3.22. The Hall–Kier alpha value is -4.62. The molecule has 12 nitrogen and oxygen atoms in total. The van der Waals surface area contributed by atoms with Crippen LogP contribution in [0.3, 0.4) is 0 Å². The molecule has 46 heavy (non-hydrogen) atoms. The highest BCUT2D eigenvalue weighted by molar-refractivity contribution is 6.36. The minimum absolute atomic E-state index is 0.102. The minimum Gasteiger partial charge on any atom is -0.480 e. The maximum atomic E-state index is 13.1. The average molecular weight is 644 g/mol. The van der Waals surface area contributed by atoms with Crippen LogP contribution in [-0.4, -0.2) is 61.7 Å². The molecule has 1 fully saturated rings. The van der Waals surface area contributed by atoms with E-state index in [9.17, 15) is 14.7 Å². The maximum absolute atomic E-state index is 13.1. The van der Waals surface area contributed by atoms with Gasteiger partial charge in [-0.2, -0.15) is 0 Å². The van der Waals surface area contributed by atoms with Gasteiger partial charge in [-0.15, -0.1) is 0 Å². The molecular formula is C33H34ClN7O5. The van der Waals surface area contributed by atoms with E-state index >= 15 is 0 Å². The molecule has 1 aliphatic rings. The van der Waals surface area contributed by atoms with Gasteiger partial charge in [-0.05, 0) is 36.6 Å². The van der Waals surface area contributed by atoms with Crippen LogP contribution in [0, 0.1) is 6.92 Å². The lowest BCUT2D eigenvalue weighted by Gasteiger charge is -2.28. The number of hydrogen-bond acceptors (Lipinski definition) is 10. The molecule has 2 unspecified atom stereocenters. The third kappa shape index (κ3) is 5.76. The van der Waals surface area contributed by atoms with E-state index in [4.69, 9.17) is 26.1 Å². The number of pyridine rings is 1. The monoisotopic (exact) mass is 643 g/mol. The highest BCUT2D eigenvalue weighted by Gasteiger charge is 2.24.